The second-order valence-corrected chi connectivity index (χ2v) is 7.57. The average molecular weight is 407 g/mol. The molecule has 4 rings (SSSR count). The number of nitrogens with one attached hydrogen (secondary N) is 1. The third kappa shape index (κ3) is 3.94. The van der Waals surface area contributed by atoms with E-state index in [4.69, 9.17) is 32.7 Å². The average Bonchev–Trinajstić information content (AvgIpc) is 2.96. The van der Waals surface area contributed by atoms with Crippen molar-refractivity contribution < 1.29 is 14.3 Å². The molecule has 2 aliphatic rings. The van der Waals surface area contributed by atoms with E-state index in [0.29, 0.717) is 33.8 Å². The van der Waals surface area contributed by atoms with Gasteiger partial charge in [0.25, 0.3) is 0 Å². The molecule has 1 fully saturated rings. The van der Waals surface area contributed by atoms with Gasteiger partial charge in [0, 0.05) is 23.7 Å². The summed E-state index contributed by atoms with van der Waals surface area (Å²) < 4.78 is 10.7. The number of carbonyl (C=O) groups excluding carboxylic acids is 1. The summed E-state index contributed by atoms with van der Waals surface area (Å²) in [6, 6.07) is 10.9. The number of likely N-dealkylation sites (tertiary alicyclic amines) is 1. The van der Waals surface area contributed by atoms with Gasteiger partial charge >= 0.3 is 6.03 Å². The fourth-order valence-corrected chi connectivity index (χ4v) is 3.91. The Balaban J connectivity index is 1.57. The number of hydrogen-bond acceptors (Lipinski definition) is 3. The van der Waals surface area contributed by atoms with Crippen molar-refractivity contribution in [3.63, 3.8) is 0 Å². The van der Waals surface area contributed by atoms with Crippen LogP contribution in [0.1, 0.15) is 37.3 Å². The first-order valence-electron chi connectivity index (χ1n) is 9.04. The molecule has 2 heterocycles. The van der Waals surface area contributed by atoms with Crippen molar-refractivity contribution in [1.82, 2.24) is 4.90 Å². The van der Waals surface area contributed by atoms with Gasteiger partial charge in [-0.15, -0.1) is 0 Å². The van der Waals surface area contributed by atoms with Crippen LogP contribution in [0.5, 0.6) is 11.5 Å². The minimum atomic E-state index is -0.169. The Kier molecular flexibility index (Phi) is 5.32. The highest BCUT2D eigenvalue weighted by atomic mass is 35.5. The minimum absolute atomic E-state index is 0.0116. The van der Waals surface area contributed by atoms with Gasteiger partial charge in [-0.25, -0.2) is 4.79 Å². The van der Waals surface area contributed by atoms with Gasteiger partial charge in [0.05, 0.1) is 16.8 Å². The van der Waals surface area contributed by atoms with Crippen LogP contribution in [0.15, 0.2) is 36.4 Å². The molecule has 27 heavy (non-hydrogen) atoms. The standard InChI is InChI=1S/C20H20Cl2N2O3/c21-14-7-5-13(6-8-14)17-4-2-1-3-9-24(17)20(25)23-16-11-19-18(10-15(16)22)26-12-27-19/h5-8,10-11,17H,1-4,9,12H2,(H,23,25). The summed E-state index contributed by atoms with van der Waals surface area (Å²) >= 11 is 12.3. The van der Waals surface area contributed by atoms with Crippen molar-refractivity contribution >= 4 is 34.9 Å². The van der Waals surface area contributed by atoms with Crippen molar-refractivity contribution in [2.24, 2.45) is 0 Å². The third-order valence-corrected chi connectivity index (χ3v) is 5.54. The van der Waals surface area contributed by atoms with Crippen LogP contribution < -0.4 is 14.8 Å². The van der Waals surface area contributed by atoms with Crippen LogP contribution >= 0.6 is 23.2 Å². The van der Waals surface area contributed by atoms with E-state index >= 15 is 0 Å². The molecule has 1 unspecified atom stereocenters. The molecular formula is C20H20Cl2N2O3. The number of rotatable bonds is 2. The Hall–Kier alpha value is -2.11. The Morgan fingerprint density at radius 1 is 1.04 bits per heavy atom. The Labute approximate surface area is 168 Å². The SMILES string of the molecule is O=C(Nc1cc2c(cc1Cl)OCO2)N1CCCCCC1c1ccc(Cl)cc1. The normalized spacial score (nSPS) is 18.9. The zero-order chi connectivity index (χ0) is 18.8. The predicted octanol–water partition coefficient (Wildman–Crippen LogP) is 5.87. The molecule has 142 valence electrons. The molecule has 0 spiro atoms. The van der Waals surface area contributed by atoms with Crippen LogP contribution in [-0.2, 0) is 0 Å². The minimum Gasteiger partial charge on any atom is -0.454 e. The molecule has 7 heteroatoms. The van der Waals surface area contributed by atoms with Crippen LogP contribution in [0.3, 0.4) is 0 Å². The van der Waals surface area contributed by atoms with Crippen molar-refractivity contribution in [3.05, 3.63) is 52.0 Å². The lowest BCUT2D eigenvalue weighted by Gasteiger charge is -2.30. The molecule has 2 aromatic carbocycles. The number of nitrogens with zero attached hydrogens (tertiary/aromatic N) is 1. The molecule has 2 aromatic rings. The lowest BCUT2D eigenvalue weighted by Crippen LogP contribution is -2.38. The second kappa shape index (κ2) is 7.87. The van der Waals surface area contributed by atoms with Crippen LogP contribution in [0.4, 0.5) is 10.5 Å². The molecule has 0 aromatic heterocycles. The number of amides is 2. The Morgan fingerprint density at radius 3 is 2.56 bits per heavy atom. The van der Waals surface area contributed by atoms with Crippen LogP contribution in [0.2, 0.25) is 10.0 Å². The molecule has 2 amide bonds. The van der Waals surface area contributed by atoms with Gasteiger partial charge in [0.1, 0.15) is 0 Å². The van der Waals surface area contributed by atoms with Crippen LogP contribution in [-0.4, -0.2) is 24.3 Å². The lowest BCUT2D eigenvalue weighted by atomic mass is 10.0. The van der Waals surface area contributed by atoms with E-state index in [-0.39, 0.29) is 18.9 Å². The molecule has 1 saturated heterocycles. The molecule has 1 N–H and O–H groups in total. The number of ether oxygens (including phenoxy) is 2. The lowest BCUT2D eigenvalue weighted by molar-refractivity contribution is 0.174. The van der Waals surface area contributed by atoms with E-state index in [1.807, 2.05) is 29.2 Å². The molecule has 2 aliphatic heterocycles. The van der Waals surface area contributed by atoms with Crippen molar-refractivity contribution in [2.45, 2.75) is 31.7 Å². The topological polar surface area (TPSA) is 50.8 Å². The summed E-state index contributed by atoms with van der Waals surface area (Å²) in [5.74, 6) is 1.17. The van der Waals surface area contributed by atoms with Crippen LogP contribution in [0.25, 0.3) is 0 Å². The van der Waals surface area contributed by atoms with E-state index in [1.54, 1.807) is 12.1 Å². The molecule has 0 radical (unpaired) electrons. The van der Waals surface area contributed by atoms with Gasteiger partial charge in [-0.3, -0.25) is 0 Å². The first-order chi connectivity index (χ1) is 13.1. The van der Waals surface area contributed by atoms with E-state index in [9.17, 15) is 4.79 Å². The van der Waals surface area contributed by atoms with Gasteiger partial charge < -0.3 is 19.7 Å². The van der Waals surface area contributed by atoms with Gasteiger partial charge in [0.2, 0.25) is 6.79 Å². The predicted molar refractivity (Wildman–Crippen MR) is 106 cm³/mol. The monoisotopic (exact) mass is 406 g/mol. The van der Waals surface area contributed by atoms with Gasteiger partial charge in [-0.2, -0.15) is 0 Å². The summed E-state index contributed by atoms with van der Waals surface area (Å²) in [5.41, 5.74) is 1.61. The van der Waals surface area contributed by atoms with Crippen molar-refractivity contribution in [2.75, 3.05) is 18.7 Å². The quantitative estimate of drug-likeness (QED) is 0.677. The number of carbonyl (C=O) groups is 1. The van der Waals surface area contributed by atoms with Gasteiger partial charge in [-0.1, -0.05) is 48.2 Å². The smallest absolute Gasteiger partial charge is 0.322 e. The first kappa shape index (κ1) is 18.3. The Bertz CT molecular complexity index is 842. The fourth-order valence-electron chi connectivity index (χ4n) is 3.58. The molecule has 5 nitrogen and oxygen atoms in total. The number of anilines is 1. The van der Waals surface area contributed by atoms with Crippen LogP contribution in [0, 0.1) is 0 Å². The highest BCUT2D eigenvalue weighted by Gasteiger charge is 2.28. The maximum absolute atomic E-state index is 13.1. The zero-order valence-electron chi connectivity index (χ0n) is 14.7. The maximum Gasteiger partial charge on any atom is 0.322 e. The molecule has 0 aliphatic carbocycles. The zero-order valence-corrected chi connectivity index (χ0v) is 16.2. The number of halogens is 2. The van der Waals surface area contributed by atoms with Gasteiger partial charge in [-0.05, 0) is 30.5 Å². The van der Waals surface area contributed by atoms with E-state index < -0.39 is 0 Å². The maximum atomic E-state index is 13.1. The fraction of sp³-hybridized carbons (Fsp3) is 0.350. The summed E-state index contributed by atoms with van der Waals surface area (Å²) in [6.45, 7) is 0.856. The third-order valence-electron chi connectivity index (χ3n) is 4.97. The number of benzene rings is 2. The van der Waals surface area contributed by atoms with Crippen molar-refractivity contribution in [1.29, 1.82) is 0 Å². The molecule has 1 atom stereocenters. The highest BCUT2D eigenvalue weighted by Crippen LogP contribution is 2.40. The van der Waals surface area contributed by atoms with E-state index in [2.05, 4.69) is 5.32 Å². The number of urea groups is 1. The first-order valence-corrected chi connectivity index (χ1v) is 9.79. The Morgan fingerprint density at radius 2 is 1.78 bits per heavy atom. The van der Waals surface area contributed by atoms with E-state index in [1.165, 1.54) is 0 Å². The molecule has 0 bridgehead atoms. The summed E-state index contributed by atoms with van der Waals surface area (Å²) in [4.78, 5) is 15.0. The summed E-state index contributed by atoms with van der Waals surface area (Å²) in [6.07, 6.45) is 4.09. The number of fused-ring (bicyclic) bond motifs is 1. The largest absolute Gasteiger partial charge is 0.454 e. The summed E-state index contributed by atoms with van der Waals surface area (Å²) in [5, 5.41) is 4.05. The van der Waals surface area contributed by atoms with E-state index in [0.717, 1.165) is 31.2 Å². The molecule has 0 saturated carbocycles. The van der Waals surface area contributed by atoms with Gasteiger partial charge in [0.15, 0.2) is 11.5 Å². The number of hydrogen-bond donors (Lipinski definition) is 1. The molecular weight excluding hydrogens is 387 g/mol. The second-order valence-electron chi connectivity index (χ2n) is 6.73. The summed E-state index contributed by atoms with van der Waals surface area (Å²) in [7, 11) is 0. The van der Waals surface area contributed by atoms with Crippen molar-refractivity contribution in [3.8, 4) is 11.5 Å². The highest BCUT2D eigenvalue weighted by molar-refractivity contribution is 6.34.